The fourth-order valence-corrected chi connectivity index (χ4v) is 2.93. The molecule has 0 radical (unpaired) electrons. The van der Waals surface area contributed by atoms with Gasteiger partial charge in [0.15, 0.2) is 0 Å². The molecule has 0 spiro atoms. The minimum absolute atomic E-state index is 0.0144. The second-order valence-corrected chi connectivity index (χ2v) is 5.91. The summed E-state index contributed by atoms with van der Waals surface area (Å²) in [5, 5.41) is 3.83. The van der Waals surface area contributed by atoms with Gasteiger partial charge in [-0.05, 0) is 47.0 Å². The van der Waals surface area contributed by atoms with Crippen molar-refractivity contribution in [2.24, 2.45) is 5.73 Å². The Hall–Kier alpha value is -1.50. The molecule has 0 saturated carbocycles. The zero-order chi connectivity index (χ0) is 14.8. The van der Waals surface area contributed by atoms with E-state index in [0.717, 1.165) is 21.8 Å². The molecule has 3 N–H and O–H groups in total. The van der Waals surface area contributed by atoms with Crippen LogP contribution in [0.3, 0.4) is 0 Å². The quantitative estimate of drug-likeness (QED) is 0.892. The van der Waals surface area contributed by atoms with Crippen molar-refractivity contribution in [1.82, 2.24) is 4.98 Å². The molecular weight excluding hydrogens is 334 g/mol. The van der Waals surface area contributed by atoms with Gasteiger partial charge in [-0.1, -0.05) is 12.1 Å². The van der Waals surface area contributed by atoms with Gasteiger partial charge in [0.2, 0.25) is 0 Å². The van der Waals surface area contributed by atoms with Crippen molar-refractivity contribution in [2.75, 3.05) is 11.9 Å². The summed E-state index contributed by atoms with van der Waals surface area (Å²) in [4.78, 5) is 16.6. The number of hydrogen-bond acceptors (Lipinski definition) is 4. The first-order valence-corrected chi connectivity index (χ1v) is 7.68. The SMILES string of the molecule is NC[C@H]1CC[C@@H](C(=O)Nc2ccc3cccc(Br)c3n2)O1. The number of para-hydroxylation sites is 1. The van der Waals surface area contributed by atoms with Crippen LogP contribution in [-0.4, -0.2) is 29.6 Å². The zero-order valence-electron chi connectivity index (χ0n) is 11.4. The van der Waals surface area contributed by atoms with Crippen molar-refractivity contribution in [3.8, 4) is 0 Å². The van der Waals surface area contributed by atoms with Crippen LogP contribution >= 0.6 is 15.9 Å². The van der Waals surface area contributed by atoms with Crippen molar-refractivity contribution in [3.05, 3.63) is 34.8 Å². The molecule has 0 aliphatic carbocycles. The van der Waals surface area contributed by atoms with Gasteiger partial charge in [0, 0.05) is 16.4 Å². The highest BCUT2D eigenvalue weighted by atomic mass is 79.9. The number of rotatable bonds is 3. The van der Waals surface area contributed by atoms with Crippen LogP contribution in [0.25, 0.3) is 10.9 Å². The van der Waals surface area contributed by atoms with E-state index in [1.54, 1.807) is 6.07 Å². The fourth-order valence-electron chi connectivity index (χ4n) is 2.46. The lowest BCUT2D eigenvalue weighted by atomic mass is 10.2. The number of nitrogens with one attached hydrogen (secondary N) is 1. The zero-order valence-corrected chi connectivity index (χ0v) is 13.0. The molecule has 1 amide bonds. The second kappa shape index (κ2) is 6.09. The topological polar surface area (TPSA) is 77.2 Å². The van der Waals surface area contributed by atoms with Crippen LogP contribution in [0.2, 0.25) is 0 Å². The number of nitrogens with zero attached hydrogens (tertiary/aromatic N) is 1. The molecule has 6 heteroatoms. The summed E-state index contributed by atoms with van der Waals surface area (Å²) >= 11 is 3.47. The van der Waals surface area contributed by atoms with Gasteiger partial charge in [-0.25, -0.2) is 4.98 Å². The predicted octanol–water partition coefficient (Wildman–Crippen LogP) is 2.44. The van der Waals surface area contributed by atoms with Crippen molar-refractivity contribution >= 4 is 38.6 Å². The molecule has 2 atom stereocenters. The van der Waals surface area contributed by atoms with E-state index in [2.05, 4.69) is 26.2 Å². The third-order valence-corrected chi connectivity index (χ3v) is 4.23. The number of hydrogen-bond donors (Lipinski definition) is 2. The highest BCUT2D eigenvalue weighted by Crippen LogP contribution is 2.24. The van der Waals surface area contributed by atoms with E-state index in [4.69, 9.17) is 10.5 Å². The molecule has 5 nitrogen and oxygen atoms in total. The summed E-state index contributed by atoms with van der Waals surface area (Å²) in [7, 11) is 0. The highest BCUT2D eigenvalue weighted by Gasteiger charge is 2.30. The monoisotopic (exact) mass is 349 g/mol. The molecule has 21 heavy (non-hydrogen) atoms. The molecule has 1 saturated heterocycles. The van der Waals surface area contributed by atoms with Gasteiger partial charge in [-0.15, -0.1) is 0 Å². The maximum atomic E-state index is 12.2. The Morgan fingerprint density at radius 3 is 3.00 bits per heavy atom. The van der Waals surface area contributed by atoms with Crippen LogP contribution in [0.5, 0.6) is 0 Å². The first-order valence-electron chi connectivity index (χ1n) is 6.89. The van der Waals surface area contributed by atoms with E-state index in [1.807, 2.05) is 24.3 Å². The van der Waals surface area contributed by atoms with E-state index >= 15 is 0 Å². The normalized spacial score (nSPS) is 21.6. The lowest BCUT2D eigenvalue weighted by Crippen LogP contribution is -2.30. The average molecular weight is 350 g/mol. The van der Waals surface area contributed by atoms with Gasteiger partial charge in [0.1, 0.15) is 11.9 Å². The van der Waals surface area contributed by atoms with Crippen LogP contribution in [0, 0.1) is 0 Å². The molecule has 3 rings (SSSR count). The number of nitrogens with two attached hydrogens (primary N) is 1. The summed E-state index contributed by atoms with van der Waals surface area (Å²) < 4.78 is 6.48. The largest absolute Gasteiger partial charge is 0.364 e. The molecule has 0 unspecified atom stereocenters. The maximum Gasteiger partial charge on any atom is 0.254 e. The first-order chi connectivity index (χ1) is 10.2. The van der Waals surface area contributed by atoms with E-state index in [-0.39, 0.29) is 12.0 Å². The van der Waals surface area contributed by atoms with E-state index < -0.39 is 6.10 Å². The number of aromatic nitrogens is 1. The van der Waals surface area contributed by atoms with Crippen LogP contribution in [0.15, 0.2) is 34.8 Å². The third-order valence-electron chi connectivity index (χ3n) is 3.59. The van der Waals surface area contributed by atoms with Crippen LogP contribution in [0.1, 0.15) is 12.8 Å². The molecule has 1 aromatic heterocycles. The van der Waals surface area contributed by atoms with Gasteiger partial charge in [-0.3, -0.25) is 4.79 Å². The minimum atomic E-state index is -0.435. The van der Waals surface area contributed by atoms with E-state index in [9.17, 15) is 4.79 Å². The van der Waals surface area contributed by atoms with Gasteiger partial charge in [0.05, 0.1) is 11.6 Å². The molecule has 1 aliphatic rings. The standard InChI is InChI=1S/C15H16BrN3O2/c16-11-3-1-2-9-4-7-13(18-14(9)11)19-15(20)12-6-5-10(8-17)21-12/h1-4,7,10,12H,5-6,8,17H2,(H,18,19,20)/t10-,12+/m1/s1. The summed E-state index contributed by atoms with van der Waals surface area (Å²) in [6, 6.07) is 9.58. The average Bonchev–Trinajstić information content (AvgIpc) is 2.97. The first kappa shape index (κ1) is 14.4. The van der Waals surface area contributed by atoms with Crippen molar-refractivity contribution < 1.29 is 9.53 Å². The number of carbonyl (C=O) groups excluding carboxylic acids is 1. The van der Waals surface area contributed by atoms with Gasteiger partial charge >= 0.3 is 0 Å². The number of benzene rings is 1. The minimum Gasteiger partial charge on any atom is -0.364 e. The number of ether oxygens (including phenoxy) is 1. The maximum absolute atomic E-state index is 12.2. The van der Waals surface area contributed by atoms with Crippen molar-refractivity contribution in [3.63, 3.8) is 0 Å². The molecular formula is C15H16BrN3O2. The molecule has 1 aromatic carbocycles. The van der Waals surface area contributed by atoms with Gasteiger partial charge < -0.3 is 15.8 Å². The van der Waals surface area contributed by atoms with Crippen LogP contribution in [-0.2, 0) is 9.53 Å². The Morgan fingerprint density at radius 2 is 2.24 bits per heavy atom. The summed E-state index contributed by atoms with van der Waals surface area (Å²) in [5.74, 6) is 0.365. The third kappa shape index (κ3) is 3.07. The smallest absolute Gasteiger partial charge is 0.254 e. The molecule has 1 aliphatic heterocycles. The lowest BCUT2D eigenvalue weighted by molar-refractivity contribution is -0.126. The predicted molar refractivity (Wildman–Crippen MR) is 85.0 cm³/mol. The summed E-state index contributed by atoms with van der Waals surface area (Å²) in [6.07, 6.45) is 1.07. The lowest BCUT2D eigenvalue weighted by Gasteiger charge is -2.12. The Morgan fingerprint density at radius 1 is 1.38 bits per heavy atom. The Bertz CT molecular complexity index is 677. The number of amides is 1. The highest BCUT2D eigenvalue weighted by molar-refractivity contribution is 9.10. The number of carbonyl (C=O) groups is 1. The van der Waals surface area contributed by atoms with Crippen molar-refractivity contribution in [1.29, 1.82) is 0 Å². The summed E-state index contributed by atoms with van der Waals surface area (Å²) in [6.45, 7) is 0.449. The van der Waals surface area contributed by atoms with Crippen molar-refractivity contribution in [2.45, 2.75) is 25.0 Å². The molecule has 0 bridgehead atoms. The van der Waals surface area contributed by atoms with Gasteiger partial charge in [-0.2, -0.15) is 0 Å². The Balaban J connectivity index is 1.76. The van der Waals surface area contributed by atoms with E-state index in [1.165, 1.54) is 0 Å². The van der Waals surface area contributed by atoms with Crippen LogP contribution < -0.4 is 11.1 Å². The number of halogens is 1. The Labute approximate surface area is 131 Å². The second-order valence-electron chi connectivity index (χ2n) is 5.06. The Kier molecular flexibility index (Phi) is 4.19. The summed E-state index contributed by atoms with van der Waals surface area (Å²) in [5.41, 5.74) is 6.38. The fraction of sp³-hybridized carbons (Fsp3) is 0.333. The van der Waals surface area contributed by atoms with Crippen LogP contribution in [0.4, 0.5) is 5.82 Å². The van der Waals surface area contributed by atoms with E-state index in [0.29, 0.717) is 18.8 Å². The number of anilines is 1. The molecule has 2 aromatic rings. The molecule has 1 fully saturated rings. The molecule has 2 heterocycles. The van der Waals surface area contributed by atoms with Gasteiger partial charge in [0.25, 0.3) is 5.91 Å². The molecule has 110 valence electrons. The number of pyridine rings is 1. The number of fused-ring (bicyclic) bond motifs is 1.